The normalized spacial score (nSPS) is 21.3. The Morgan fingerprint density at radius 3 is 2.44 bits per heavy atom. The second-order valence-electron chi connectivity index (χ2n) is 10.5. The second kappa shape index (κ2) is 9.87. The van der Waals surface area contributed by atoms with Gasteiger partial charge < -0.3 is 15.7 Å². The Bertz CT molecular complexity index is 1230. The minimum absolute atomic E-state index is 0.114. The summed E-state index contributed by atoms with van der Waals surface area (Å²) in [5, 5.41) is 10.5. The average molecular weight is 496 g/mol. The number of aryl methyl sites for hydroxylation is 2. The molecule has 0 spiro atoms. The fourth-order valence-electron chi connectivity index (χ4n) is 5.62. The van der Waals surface area contributed by atoms with Gasteiger partial charge in [0, 0.05) is 42.8 Å². The van der Waals surface area contributed by atoms with Crippen LogP contribution >= 0.6 is 0 Å². The quantitative estimate of drug-likeness (QED) is 0.474. The molecule has 1 saturated carbocycles. The Balaban J connectivity index is 1.39. The summed E-state index contributed by atoms with van der Waals surface area (Å²) in [4.78, 5) is 6.60. The summed E-state index contributed by atoms with van der Waals surface area (Å²) >= 11 is 0. The molecule has 1 aromatic heterocycles. The predicted octanol–water partition coefficient (Wildman–Crippen LogP) is 5.50. The molecular weight excluding hydrogens is 463 g/mol. The molecular formula is C29H32F3N3O. The van der Waals surface area contributed by atoms with Crippen LogP contribution in [0.3, 0.4) is 0 Å². The van der Waals surface area contributed by atoms with Gasteiger partial charge in [-0.15, -0.1) is 0 Å². The van der Waals surface area contributed by atoms with Crippen LogP contribution in [-0.4, -0.2) is 29.2 Å². The van der Waals surface area contributed by atoms with Crippen molar-refractivity contribution in [2.45, 2.75) is 57.1 Å². The minimum Gasteiger partial charge on any atom is -0.385 e. The summed E-state index contributed by atoms with van der Waals surface area (Å²) in [5.41, 5.74) is 7.67. The molecule has 3 aromatic rings. The molecule has 36 heavy (non-hydrogen) atoms. The van der Waals surface area contributed by atoms with Crippen molar-refractivity contribution in [2.24, 2.45) is 11.7 Å². The highest BCUT2D eigenvalue weighted by Gasteiger charge is 2.37. The van der Waals surface area contributed by atoms with Gasteiger partial charge in [0.05, 0.1) is 11.2 Å². The van der Waals surface area contributed by atoms with Gasteiger partial charge >= 0.3 is 0 Å². The predicted molar refractivity (Wildman–Crippen MR) is 135 cm³/mol. The lowest BCUT2D eigenvalue weighted by molar-refractivity contribution is -0.0392. The SMILES string of the molecule is C[C@@H]1C[C@H](N)CN(c2ccncc2CCc2ccc(F)c(-c3c(F)cc(C4(O)CCC4)cc3F)c2)C1. The summed E-state index contributed by atoms with van der Waals surface area (Å²) in [5.74, 6) is -1.93. The first-order chi connectivity index (χ1) is 17.2. The Kier molecular flexibility index (Phi) is 6.79. The summed E-state index contributed by atoms with van der Waals surface area (Å²) in [6.07, 6.45) is 7.56. The van der Waals surface area contributed by atoms with Crippen molar-refractivity contribution in [3.05, 3.63) is 82.9 Å². The smallest absolute Gasteiger partial charge is 0.134 e. The Hall–Kier alpha value is -2.90. The summed E-state index contributed by atoms with van der Waals surface area (Å²) in [6, 6.07) is 8.81. The lowest BCUT2D eigenvalue weighted by atomic mass is 9.75. The molecule has 1 saturated heterocycles. The Labute approximate surface area is 210 Å². The molecule has 190 valence electrons. The maximum Gasteiger partial charge on any atom is 0.134 e. The zero-order chi connectivity index (χ0) is 25.4. The number of benzene rings is 2. The maximum atomic E-state index is 15.0. The van der Waals surface area contributed by atoms with Gasteiger partial charge in [-0.2, -0.15) is 0 Å². The molecule has 7 heteroatoms. The molecule has 5 rings (SSSR count). The fourth-order valence-corrected chi connectivity index (χ4v) is 5.62. The molecule has 2 fully saturated rings. The van der Waals surface area contributed by atoms with E-state index < -0.39 is 28.6 Å². The first-order valence-electron chi connectivity index (χ1n) is 12.7. The molecule has 1 aliphatic heterocycles. The molecule has 2 heterocycles. The van der Waals surface area contributed by atoms with Crippen molar-refractivity contribution in [3.63, 3.8) is 0 Å². The van der Waals surface area contributed by atoms with Gasteiger partial charge in [0.15, 0.2) is 0 Å². The van der Waals surface area contributed by atoms with E-state index in [9.17, 15) is 9.50 Å². The van der Waals surface area contributed by atoms with E-state index in [0.717, 1.165) is 54.9 Å². The fraction of sp³-hybridized carbons (Fsp3) is 0.414. The monoisotopic (exact) mass is 495 g/mol. The van der Waals surface area contributed by atoms with Crippen LogP contribution in [0.15, 0.2) is 48.8 Å². The van der Waals surface area contributed by atoms with Gasteiger partial charge in [0.1, 0.15) is 17.5 Å². The molecule has 0 bridgehead atoms. The van der Waals surface area contributed by atoms with Crippen LogP contribution in [0.25, 0.3) is 11.1 Å². The van der Waals surface area contributed by atoms with Gasteiger partial charge in [-0.25, -0.2) is 13.2 Å². The van der Waals surface area contributed by atoms with Gasteiger partial charge in [-0.1, -0.05) is 13.0 Å². The van der Waals surface area contributed by atoms with E-state index in [4.69, 9.17) is 5.73 Å². The summed E-state index contributed by atoms with van der Waals surface area (Å²) < 4.78 is 44.8. The van der Waals surface area contributed by atoms with Gasteiger partial charge in [-0.05, 0) is 91.5 Å². The maximum absolute atomic E-state index is 15.0. The van der Waals surface area contributed by atoms with Crippen molar-refractivity contribution >= 4 is 5.69 Å². The number of halogens is 3. The third kappa shape index (κ3) is 4.87. The largest absolute Gasteiger partial charge is 0.385 e. The van der Waals surface area contributed by atoms with Gasteiger partial charge in [0.25, 0.3) is 0 Å². The molecule has 4 nitrogen and oxygen atoms in total. The Morgan fingerprint density at radius 2 is 1.78 bits per heavy atom. The topological polar surface area (TPSA) is 62.4 Å². The Morgan fingerprint density at radius 1 is 1.03 bits per heavy atom. The highest BCUT2D eigenvalue weighted by Crippen LogP contribution is 2.43. The van der Waals surface area contributed by atoms with E-state index >= 15 is 8.78 Å². The van der Waals surface area contributed by atoms with E-state index in [1.165, 1.54) is 12.1 Å². The van der Waals surface area contributed by atoms with E-state index in [1.807, 2.05) is 12.3 Å². The second-order valence-corrected chi connectivity index (χ2v) is 10.5. The molecule has 0 amide bonds. The number of nitrogens with two attached hydrogens (primary N) is 1. The number of rotatable bonds is 6. The molecule has 0 unspecified atom stereocenters. The van der Waals surface area contributed by atoms with Gasteiger partial charge in [0.2, 0.25) is 0 Å². The number of hydrogen-bond acceptors (Lipinski definition) is 4. The van der Waals surface area contributed by atoms with Crippen LogP contribution in [0.5, 0.6) is 0 Å². The van der Waals surface area contributed by atoms with E-state index in [1.54, 1.807) is 12.3 Å². The first-order valence-corrected chi connectivity index (χ1v) is 12.7. The number of hydrogen-bond donors (Lipinski definition) is 2. The zero-order valence-electron chi connectivity index (χ0n) is 20.5. The molecule has 2 atom stereocenters. The highest BCUT2D eigenvalue weighted by atomic mass is 19.1. The number of pyridine rings is 1. The standard InChI is InChI=1S/C29H32F3N3O/c1-18-11-22(33)17-35(16-18)27-7-10-34-15-20(27)5-3-19-4-6-24(30)23(12-19)28-25(31)13-21(14-26(28)32)29(36)8-2-9-29/h4,6-7,10,12-15,18,22,36H,2-3,5,8-9,11,16-17,33H2,1H3/t18-,22+/m1/s1. The highest BCUT2D eigenvalue weighted by molar-refractivity contribution is 5.67. The van der Waals surface area contributed by atoms with E-state index in [-0.39, 0.29) is 17.2 Å². The number of aromatic nitrogens is 1. The summed E-state index contributed by atoms with van der Waals surface area (Å²) in [7, 11) is 0. The minimum atomic E-state index is -1.20. The average Bonchev–Trinajstić information content (AvgIpc) is 2.82. The van der Waals surface area contributed by atoms with Crippen molar-refractivity contribution in [2.75, 3.05) is 18.0 Å². The van der Waals surface area contributed by atoms with Crippen molar-refractivity contribution in [1.82, 2.24) is 4.98 Å². The van der Waals surface area contributed by atoms with Crippen LogP contribution in [0.2, 0.25) is 0 Å². The molecule has 3 N–H and O–H groups in total. The lowest BCUT2D eigenvalue weighted by Gasteiger charge is -2.37. The van der Waals surface area contributed by atoms with Crippen molar-refractivity contribution < 1.29 is 18.3 Å². The van der Waals surface area contributed by atoms with Crippen LogP contribution < -0.4 is 10.6 Å². The van der Waals surface area contributed by atoms with Crippen LogP contribution in [0.1, 0.15) is 49.3 Å². The number of aliphatic hydroxyl groups is 1. The number of piperidine rings is 1. The third-order valence-corrected chi connectivity index (χ3v) is 7.65. The lowest BCUT2D eigenvalue weighted by Crippen LogP contribution is -2.46. The van der Waals surface area contributed by atoms with Crippen LogP contribution in [-0.2, 0) is 18.4 Å². The van der Waals surface area contributed by atoms with Crippen LogP contribution in [0.4, 0.5) is 18.9 Å². The summed E-state index contributed by atoms with van der Waals surface area (Å²) in [6.45, 7) is 3.91. The molecule has 1 aliphatic carbocycles. The van der Waals surface area contributed by atoms with E-state index in [2.05, 4.69) is 16.8 Å². The molecule has 2 aliphatic rings. The van der Waals surface area contributed by atoms with E-state index in [0.29, 0.717) is 31.6 Å². The van der Waals surface area contributed by atoms with Crippen LogP contribution in [0, 0.1) is 23.4 Å². The molecule has 0 radical (unpaired) electrons. The third-order valence-electron chi connectivity index (χ3n) is 7.65. The van der Waals surface area contributed by atoms with Gasteiger partial charge in [-0.3, -0.25) is 4.98 Å². The number of nitrogens with zero attached hydrogens (tertiary/aromatic N) is 2. The number of anilines is 1. The van der Waals surface area contributed by atoms with Crippen molar-refractivity contribution in [1.29, 1.82) is 0 Å². The zero-order valence-corrected chi connectivity index (χ0v) is 20.5. The van der Waals surface area contributed by atoms with Crippen molar-refractivity contribution in [3.8, 4) is 11.1 Å². The molecule has 2 aromatic carbocycles. The first kappa shape index (κ1) is 24.8.